The van der Waals surface area contributed by atoms with E-state index in [0.29, 0.717) is 29.5 Å². The topological polar surface area (TPSA) is 86.7 Å². The zero-order valence-corrected chi connectivity index (χ0v) is 22.5. The van der Waals surface area contributed by atoms with Crippen LogP contribution in [0.25, 0.3) is 11.1 Å². The Hall–Kier alpha value is -4.78. The van der Waals surface area contributed by atoms with Crippen molar-refractivity contribution in [2.24, 2.45) is 5.92 Å². The van der Waals surface area contributed by atoms with Crippen LogP contribution < -0.4 is 10.2 Å². The summed E-state index contributed by atoms with van der Waals surface area (Å²) in [5.74, 6) is -2.59. The number of carboxylic acids is 1. The number of para-hydroxylation sites is 1. The Bertz CT molecular complexity index is 1520. The van der Waals surface area contributed by atoms with Crippen LogP contribution in [0.4, 0.5) is 20.6 Å². The van der Waals surface area contributed by atoms with E-state index in [-0.39, 0.29) is 30.0 Å². The quantitative estimate of drug-likeness (QED) is 0.188. The maximum atomic E-state index is 15.1. The van der Waals surface area contributed by atoms with Crippen molar-refractivity contribution in [3.8, 4) is 11.1 Å². The van der Waals surface area contributed by atoms with E-state index in [9.17, 15) is 19.5 Å². The molecular weight excluding hydrogens is 519 g/mol. The lowest BCUT2D eigenvalue weighted by Gasteiger charge is -2.23. The van der Waals surface area contributed by atoms with E-state index in [1.807, 2.05) is 60.7 Å². The number of anilines is 2. The summed E-state index contributed by atoms with van der Waals surface area (Å²) in [6.07, 6.45) is 2.68. The standard InChI is InChI=1S/C34H31FN2O4/c35-30-21-26(17-20-31(30)36-34(41)37(29-18-19-29)28-9-5-2-6-10-28)24-13-15-25(16-14-24)32(38)22-27(33(39)40)12-11-23-7-3-1-4-8-23/h1-10,13-17,20-21,27,29H,11-12,18-19,22H2,(H,36,41)(H,39,40). The first-order valence-electron chi connectivity index (χ1n) is 13.7. The number of nitrogens with one attached hydrogen (secondary N) is 1. The van der Waals surface area contributed by atoms with Crippen molar-refractivity contribution >= 4 is 29.2 Å². The molecule has 2 N–H and O–H groups in total. The molecule has 1 aliphatic rings. The normalized spacial score (nSPS) is 13.3. The van der Waals surface area contributed by atoms with Crippen LogP contribution in [0.3, 0.4) is 0 Å². The molecule has 1 unspecified atom stereocenters. The molecule has 0 radical (unpaired) electrons. The molecule has 0 spiro atoms. The monoisotopic (exact) mass is 550 g/mol. The number of nitrogens with zero attached hydrogens (tertiary/aromatic N) is 1. The molecule has 0 heterocycles. The lowest BCUT2D eigenvalue weighted by molar-refractivity contribution is -0.141. The van der Waals surface area contributed by atoms with Gasteiger partial charge in [0.2, 0.25) is 0 Å². The summed E-state index contributed by atoms with van der Waals surface area (Å²) in [5.41, 5.74) is 3.58. The van der Waals surface area contributed by atoms with Gasteiger partial charge in [-0.05, 0) is 66.6 Å². The molecule has 1 saturated carbocycles. The number of aryl methyl sites for hydroxylation is 1. The highest BCUT2D eigenvalue weighted by Gasteiger charge is 2.34. The number of benzene rings is 4. The van der Waals surface area contributed by atoms with Gasteiger partial charge < -0.3 is 10.4 Å². The number of carbonyl (C=O) groups excluding carboxylic acids is 2. The second kappa shape index (κ2) is 12.6. The molecule has 0 bridgehead atoms. The van der Waals surface area contributed by atoms with Crippen molar-refractivity contribution in [2.75, 3.05) is 10.2 Å². The summed E-state index contributed by atoms with van der Waals surface area (Å²) in [4.78, 5) is 39.3. The fraction of sp³-hybridized carbons (Fsp3) is 0.206. The average molecular weight is 551 g/mol. The van der Waals surface area contributed by atoms with Crippen LogP contribution in [0.15, 0.2) is 103 Å². The van der Waals surface area contributed by atoms with Gasteiger partial charge in [-0.25, -0.2) is 9.18 Å². The summed E-state index contributed by atoms with van der Waals surface area (Å²) in [7, 11) is 0. The Morgan fingerprint density at radius 3 is 2.10 bits per heavy atom. The third-order valence-corrected chi connectivity index (χ3v) is 7.32. The Morgan fingerprint density at radius 1 is 0.854 bits per heavy atom. The Balaban J connectivity index is 1.22. The molecule has 1 aliphatic carbocycles. The van der Waals surface area contributed by atoms with Crippen LogP contribution in [0.5, 0.6) is 0 Å². The molecular formula is C34H31FN2O4. The van der Waals surface area contributed by atoms with E-state index in [2.05, 4.69) is 5.32 Å². The minimum atomic E-state index is -0.988. The van der Waals surface area contributed by atoms with Crippen LogP contribution in [0.2, 0.25) is 0 Å². The van der Waals surface area contributed by atoms with Crippen LogP contribution >= 0.6 is 0 Å². The zero-order chi connectivity index (χ0) is 28.8. The second-order valence-corrected chi connectivity index (χ2v) is 10.3. The average Bonchev–Trinajstić information content (AvgIpc) is 3.82. The molecule has 4 aromatic carbocycles. The van der Waals surface area contributed by atoms with Gasteiger partial charge in [0.1, 0.15) is 5.82 Å². The van der Waals surface area contributed by atoms with E-state index in [1.165, 1.54) is 12.1 Å². The summed E-state index contributed by atoms with van der Waals surface area (Å²) in [6.45, 7) is 0. The molecule has 0 saturated heterocycles. The molecule has 1 atom stereocenters. The Labute approximate surface area is 238 Å². The summed E-state index contributed by atoms with van der Waals surface area (Å²) < 4.78 is 15.1. The number of carboxylic acid groups (broad SMARTS) is 1. The van der Waals surface area contributed by atoms with Gasteiger partial charge in [-0.1, -0.05) is 78.9 Å². The number of hydrogen-bond acceptors (Lipinski definition) is 3. The number of aliphatic carboxylic acids is 1. The zero-order valence-electron chi connectivity index (χ0n) is 22.5. The third-order valence-electron chi connectivity index (χ3n) is 7.32. The van der Waals surface area contributed by atoms with Crippen molar-refractivity contribution in [3.63, 3.8) is 0 Å². The summed E-state index contributed by atoms with van der Waals surface area (Å²) in [5, 5.41) is 12.3. The first-order valence-corrected chi connectivity index (χ1v) is 13.7. The molecule has 1 fully saturated rings. The van der Waals surface area contributed by atoms with Crippen molar-refractivity contribution in [3.05, 3.63) is 120 Å². The van der Waals surface area contributed by atoms with Crippen molar-refractivity contribution in [1.29, 1.82) is 0 Å². The molecule has 5 rings (SSSR count). The third kappa shape index (κ3) is 7.06. The van der Waals surface area contributed by atoms with Crippen molar-refractivity contribution < 1.29 is 23.9 Å². The molecule has 41 heavy (non-hydrogen) atoms. The van der Waals surface area contributed by atoms with Crippen LogP contribution in [-0.4, -0.2) is 28.9 Å². The number of Topliss-reactive ketones (excluding diaryl/α,β-unsaturated/α-hetero) is 1. The second-order valence-electron chi connectivity index (χ2n) is 10.3. The molecule has 2 amide bonds. The van der Waals surface area contributed by atoms with E-state index >= 15 is 4.39 Å². The molecule has 6 nitrogen and oxygen atoms in total. The van der Waals surface area contributed by atoms with Gasteiger partial charge in [-0.3, -0.25) is 14.5 Å². The molecule has 0 aromatic heterocycles. The minimum Gasteiger partial charge on any atom is -0.481 e. The van der Waals surface area contributed by atoms with Crippen molar-refractivity contribution in [1.82, 2.24) is 0 Å². The summed E-state index contributed by atoms with van der Waals surface area (Å²) >= 11 is 0. The van der Waals surface area contributed by atoms with Gasteiger partial charge in [-0.2, -0.15) is 0 Å². The van der Waals surface area contributed by atoms with Crippen LogP contribution in [-0.2, 0) is 11.2 Å². The minimum absolute atomic E-state index is 0.0855. The smallest absolute Gasteiger partial charge is 0.326 e. The fourth-order valence-corrected chi connectivity index (χ4v) is 4.88. The summed E-state index contributed by atoms with van der Waals surface area (Å²) in [6, 6.07) is 29.9. The molecule has 4 aromatic rings. The predicted octanol–water partition coefficient (Wildman–Crippen LogP) is 7.60. The number of rotatable bonds is 11. The highest BCUT2D eigenvalue weighted by molar-refractivity contribution is 6.03. The number of amides is 2. The van der Waals surface area contributed by atoms with Gasteiger partial charge in [0.15, 0.2) is 5.78 Å². The van der Waals surface area contributed by atoms with E-state index in [0.717, 1.165) is 24.1 Å². The SMILES string of the molecule is O=C(CC(CCc1ccccc1)C(=O)O)c1ccc(-c2ccc(NC(=O)N(c3ccccc3)C3CC3)c(F)c2)cc1. The first kappa shape index (κ1) is 27.8. The molecule has 7 heteroatoms. The maximum absolute atomic E-state index is 15.1. The lowest BCUT2D eigenvalue weighted by Crippen LogP contribution is -2.37. The van der Waals surface area contributed by atoms with Gasteiger partial charge in [0.05, 0.1) is 11.6 Å². The van der Waals surface area contributed by atoms with Crippen LogP contribution in [0.1, 0.15) is 41.6 Å². The number of carbonyl (C=O) groups is 3. The lowest BCUT2D eigenvalue weighted by atomic mass is 9.92. The predicted molar refractivity (Wildman–Crippen MR) is 158 cm³/mol. The first-order chi connectivity index (χ1) is 19.9. The van der Waals surface area contributed by atoms with E-state index in [1.54, 1.807) is 35.2 Å². The Morgan fingerprint density at radius 2 is 1.49 bits per heavy atom. The highest BCUT2D eigenvalue weighted by atomic mass is 19.1. The number of urea groups is 1. The Kier molecular flexibility index (Phi) is 8.53. The largest absolute Gasteiger partial charge is 0.481 e. The van der Waals surface area contributed by atoms with Gasteiger partial charge >= 0.3 is 12.0 Å². The van der Waals surface area contributed by atoms with Gasteiger partial charge in [0.25, 0.3) is 0 Å². The molecule has 208 valence electrons. The molecule has 0 aliphatic heterocycles. The van der Waals surface area contributed by atoms with Gasteiger partial charge in [-0.15, -0.1) is 0 Å². The fourth-order valence-electron chi connectivity index (χ4n) is 4.88. The maximum Gasteiger partial charge on any atom is 0.326 e. The van der Waals surface area contributed by atoms with E-state index < -0.39 is 17.7 Å². The van der Waals surface area contributed by atoms with Gasteiger partial charge in [0, 0.05) is 23.7 Å². The van der Waals surface area contributed by atoms with E-state index in [4.69, 9.17) is 0 Å². The number of halogens is 1. The van der Waals surface area contributed by atoms with Crippen molar-refractivity contribution in [2.45, 2.75) is 38.1 Å². The number of hydrogen-bond donors (Lipinski definition) is 2. The number of ketones is 1. The highest BCUT2D eigenvalue weighted by Crippen LogP contribution is 2.33. The van der Waals surface area contributed by atoms with Crippen LogP contribution in [0, 0.1) is 11.7 Å².